The molecule has 148 valence electrons. The Labute approximate surface area is 174 Å². The number of amides is 1. The van der Waals surface area contributed by atoms with Crippen molar-refractivity contribution in [3.8, 4) is 0 Å². The van der Waals surface area contributed by atoms with Gasteiger partial charge >= 0.3 is 0 Å². The van der Waals surface area contributed by atoms with Gasteiger partial charge in [-0.1, -0.05) is 85.8 Å². The molecule has 1 amide bonds. The molecule has 0 heterocycles. The first-order valence-corrected chi connectivity index (χ1v) is 10.8. The van der Waals surface area contributed by atoms with Crippen molar-refractivity contribution in [3.05, 3.63) is 107 Å². The van der Waals surface area contributed by atoms with Crippen LogP contribution in [0.1, 0.15) is 66.0 Å². The molecule has 4 rings (SSSR count). The summed E-state index contributed by atoms with van der Waals surface area (Å²) in [5, 5.41) is 3.35. The Morgan fingerprint density at radius 1 is 0.793 bits per heavy atom. The summed E-state index contributed by atoms with van der Waals surface area (Å²) in [5.41, 5.74) is 6.21. The first kappa shape index (κ1) is 19.4. The molecule has 2 nitrogen and oxygen atoms in total. The molecule has 0 spiro atoms. The van der Waals surface area contributed by atoms with Gasteiger partial charge in [0.15, 0.2) is 0 Å². The lowest BCUT2D eigenvalue weighted by atomic mass is 9.88. The van der Waals surface area contributed by atoms with E-state index in [1.165, 1.54) is 36.0 Å². The molecule has 2 heteroatoms. The number of nitrogens with one attached hydrogen (secondary N) is 1. The maximum atomic E-state index is 13.5. The lowest BCUT2D eigenvalue weighted by Crippen LogP contribution is -2.33. The molecule has 29 heavy (non-hydrogen) atoms. The van der Waals surface area contributed by atoms with Gasteiger partial charge in [0, 0.05) is 0 Å². The van der Waals surface area contributed by atoms with Crippen molar-refractivity contribution < 1.29 is 4.79 Å². The fraction of sp³-hybridized carbons (Fsp3) is 0.296. The van der Waals surface area contributed by atoms with Crippen LogP contribution in [0.4, 0.5) is 0 Å². The molecule has 1 N–H and O–H groups in total. The fourth-order valence-electron chi connectivity index (χ4n) is 4.43. The number of hydrogen-bond donors (Lipinski definition) is 1. The topological polar surface area (TPSA) is 29.1 Å². The number of carbonyl (C=O) groups is 1. The zero-order valence-corrected chi connectivity index (χ0v) is 17.1. The second-order valence-electron chi connectivity index (χ2n) is 7.96. The van der Waals surface area contributed by atoms with Gasteiger partial charge in [-0.15, -0.1) is 0 Å². The monoisotopic (exact) mass is 383 g/mol. The molecule has 0 saturated carbocycles. The van der Waals surface area contributed by atoms with E-state index in [1.54, 1.807) is 0 Å². The van der Waals surface area contributed by atoms with Crippen LogP contribution in [0.2, 0.25) is 0 Å². The zero-order valence-electron chi connectivity index (χ0n) is 17.1. The molecular weight excluding hydrogens is 354 g/mol. The smallest absolute Gasteiger partial charge is 0.232 e. The third-order valence-electron chi connectivity index (χ3n) is 6.03. The van der Waals surface area contributed by atoms with Crippen LogP contribution in [0, 0.1) is 0 Å². The van der Waals surface area contributed by atoms with Crippen LogP contribution in [0.15, 0.2) is 78.9 Å². The summed E-state index contributed by atoms with van der Waals surface area (Å²) in [5.74, 6) is -0.240. The molecule has 0 aliphatic heterocycles. The minimum atomic E-state index is -0.302. The van der Waals surface area contributed by atoms with Crippen LogP contribution in [-0.2, 0) is 17.6 Å². The number of fused-ring (bicyclic) bond motifs is 1. The van der Waals surface area contributed by atoms with Crippen LogP contribution in [0.25, 0.3) is 0 Å². The highest BCUT2D eigenvalue weighted by Gasteiger charge is 2.25. The van der Waals surface area contributed by atoms with Crippen LogP contribution < -0.4 is 5.32 Å². The van der Waals surface area contributed by atoms with Crippen molar-refractivity contribution in [1.82, 2.24) is 5.32 Å². The molecule has 0 saturated heterocycles. The van der Waals surface area contributed by atoms with Gasteiger partial charge in [-0.25, -0.2) is 0 Å². The molecule has 0 fully saturated rings. The third kappa shape index (κ3) is 4.42. The number of benzene rings is 3. The van der Waals surface area contributed by atoms with Crippen molar-refractivity contribution in [1.29, 1.82) is 0 Å². The van der Waals surface area contributed by atoms with Gasteiger partial charge in [-0.2, -0.15) is 0 Å². The highest BCUT2D eigenvalue weighted by atomic mass is 16.1. The normalized spacial score (nSPS) is 14.3. The van der Waals surface area contributed by atoms with E-state index in [0.717, 1.165) is 24.0 Å². The van der Waals surface area contributed by atoms with Gasteiger partial charge in [-0.3, -0.25) is 4.79 Å². The second kappa shape index (κ2) is 9.09. The molecular formula is C27H29NO. The molecule has 3 aromatic rings. The predicted octanol–water partition coefficient (Wildman–Crippen LogP) is 5.96. The molecule has 0 aromatic heterocycles. The maximum Gasteiger partial charge on any atom is 0.232 e. The molecule has 3 aromatic carbocycles. The van der Waals surface area contributed by atoms with Crippen LogP contribution >= 0.6 is 0 Å². The Balaban J connectivity index is 1.61. The minimum Gasteiger partial charge on any atom is -0.348 e. The van der Waals surface area contributed by atoms with Crippen LogP contribution in [0.5, 0.6) is 0 Å². The maximum absolute atomic E-state index is 13.5. The lowest BCUT2D eigenvalue weighted by Gasteiger charge is -2.25. The number of rotatable bonds is 6. The van der Waals surface area contributed by atoms with E-state index >= 15 is 0 Å². The summed E-state index contributed by atoms with van der Waals surface area (Å²) < 4.78 is 0. The molecule has 0 unspecified atom stereocenters. The Morgan fingerprint density at radius 3 is 1.97 bits per heavy atom. The van der Waals surface area contributed by atoms with E-state index in [-0.39, 0.29) is 17.9 Å². The molecule has 1 aliphatic carbocycles. The molecule has 1 aliphatic rings. The van der Waals surface area contributed by atoms with E-state index in [0.29, 0.717) is 0 Å². The lowest BCUT2D eigenvalue weighted by molar-refractivity contribution is -0.122. The van der Waals surface area contributed by atoms with E-state index in [2.05, 4.69) is 30.4 Å². The van der Waals surface area contributed by atoms with Crippen molar-refractivity contribution in [3.63, 3.8) is 0 Å². The summed E-state index contributed by atoms with van der Waals surface area (Å²) in [6.45, 7) is 2.14. The largest absolute Gasteiger partial charge is 0.348 e. The summed E-state index contributed by atoms with van der Waals surface area (Å²) in [6.07, 6.45) is 5.77. The van der Waals surface area contributed by atoms with E-state index in [4.69, 9.17) is 0 Å². The predicted molar refractivity (Wildman–Crippen MR) is 119 cm³/mol. The highest BCUT2D eigenvalue weighted by Crippen LogP contribution is 2.29. The van der Waals surface area contributed by atoms with E-state index in [9.17, 15) is 4.79 Å². The second-order valence-corrected chi connectivity index (χ2v) is 7.96. The minimum absolute atomic E-state index is 0.0321. The Bertz CT molecular complexity index is 909. The molecule has 0 bridgehead atoms. The van der Waals surface area contributed by atoms with Gasteiger partial charge in [0.2, 0.25) is 5.91 Å². The summed E-state index contributed by atoms with van der Waals surface area (Å²) >= 11 is 0. The molecule has 1 atom stereocenters. The first-order chi connectivity index (χ1) is 14.3. The van der Waals surface area contributed by atoms with Crippen molar-refractivity contribution in [2.45, 2.75) is 51.0 Å². The van der Waals surface area contributed by atoms with E-state index in [1.807, 2.05) is 60.7 Å². The Hall–Kier alpha value is -2.87. The highest BCUT2D eigenvalue weighted by molar-refractivity contribution is 5.87. The standard InChI is InChI=1S/C27H29NO/c1-2-25(24-18-17-20-11-9-10-16-23(20)19-24)28-27(29)26(21-12-5-3-6-13-21)22-14-7-4-8-15-22/h3-8,12-15,17-19,25-26H,2,9-11,16H2,1H3,(H,28,29)/t25-/m1/s1. The molecule has 0 radical (unpaired) electrons. The van der Waals surface area contributed by atoms with E-state index < -0.39 is 0 Å². The van der Waals surface area contributed by atoms with Crippen molar-refractivity contribution in [2.24, 2.45) is 0 Å². The van der Waals surface area contributed by atoms with Crippen molar-refractivity contribution >= 4 is 5.91 Å². The Morgan fingerprint density at radius 2 is 1.38 bits per heavy atom. The van der Waals surface area contributed by atoms with Crippen LogP contribution in [0.3, 0.4) is 0 Å². The third-order valence-corrected chi connectivity index (χ3v) is 6.03. The average Bonchev–Trinajstić information content (AvgIpc) is 2.79. The van der Waals surface area contributed by atoms with Gasteiger partial charge in [0.1, 0.15) is 0 Å². The van der Waals surface area contributed by atoms with Crippen LogP contribution in [-0.4, -0.2) is 5.91 Å². The van der Waals surface area contributed by atoms with Gasteiger partial charge in [0.05, 0.1) is 12.0 Å². The Kier molecular flexibility index (Phi) is 6.09. The van der Waals surface area contributed by atoms with Gasteiger partial charge in [-0.05, 0) is 59.9 Å². The fourth-order valence-corrected chi connectivity index (χ4v) is 4.43. The first-order valence-electron chi connectivity index (χ1n) is 10.8. The number of carbonyl (C=O) groups excluding carboxylic acids is 1. The summed E-state index contributed by atoms with van der Waals surface area (Å²) in [4.78, 5) is 13.5. The average molecular weight is 384 g/mol. The SMILES string of the molecule is CC[C@@H](NC(=O)C(c1ccccc1)c1ccccc1)c1ccc2c(c1)CCCC2. The van der Waals surface area contributed by atoms with Crippen molar-refractivity contribution in [2.75, 3.05) is 0 Å². The quantitative estimate of drug-likeness (QED) is 0.559. The zero-order chi connectivity index (χ0) is 20.1. The summed E-state index contributed by atoms with van der Waals surface area (Å²) in [6, 6.07) is 27.0. The summed E-state index contributed by atoms with van der Waals surface area (Å²) in [7, 11) is 0. The number of aryl methyl sites for hydroxylation is 2. The van der Waals surface area contributed by atoms with Gasteiger partial charge in [0.25, 0.3) is 0 Å². The number of hydrogen-bond acceptors (Lipinski definition) is 1. The van der Waals surface area contributed by atoms with Gasteiger partial charge < -0.3 is 5.32 Å².